The number of morpholine rings is 1. The lowest BCUT2D eigenvalue weighted by Crippen LogP contribution is -2.47. The number of anilines is 2. The molecule has 0 bridgehead atoms. The van der Waals surface area contributed by atoms with Crippen molar-refractivity contribution in [1.82, 2.24) is 9.88 Å². The van der Waals surface area contributed by atoms with Crippen molar-refractivity contribution in [2.45, 2.75) is 39.7 Å². The second-order valence-electron chi connectivity index (χ2n) is 7.90. The third-order valence-corrected chi connectivity index (χ3v) is 4.81. The molecule has 1 aromatic heterocycles. The molecule has 2 aliphatic heterocycles. The van der Waals surface area contributed by atoms with E-state index in [0.717, 1.165) is 25.3 Å². The van der Waals surface area contributed by atoms with Crippen molar-refractivity contribution in [3.63, 3.8) is 0 Å². The molecule has 3 rings (SSSR count). The Kier molecular flexibility index (Phi) is 5.46. The number of hydrogen-bond donors (Lipinski definition) is 1. The number of carbonyl (C=O) groups excluding carboxylic acids is 2. The zero-order chi connectivity index (χ0) is 18.7. The number of aromatic nitrogens is 1. The summed E-state index contributed by atoms with van der Waals surface area (Å²) in [5.74, 6) is 0.772. The highest BCUT2D eigenvalue weighted by Crippen LogP contribution is 2.26. The zero-order valence-corrected chi connectivity index (χ0v) is 15.8. The molecule has 0 aromatic carbocycles. The van der Waals surface area contributed by atoms with Crippen LogP contribution in [0.5, 0.6) is 0 Å². The molecule has 3 heterocycles. The molecule has 2 fully saturated rings. The molecule has 2 amide bonds. The SMILES string of the molecule is CC(C)(C)C(=O)N1CCCC1C(=O)Nc1ccc(N2CCOCC2)nc1. The van der Waals surface area contributed by atoms with Crippen LogP contribution in [0.2, 0.25) is 0 Å². The maximum absolute atomic E-state index is 12.7. The van der Waals surface area contributed by atoms with Crippen LogP contribution in [0.25, 0.3) is 0 Å². The van der Waals surface area contributed by atoms with Gasteiger partial charge in [-0.3, -0.25) is 9.59 Å². The molecule has 26 heavy (non-hydrogen) atoms. The second kappa shape index (κ2) is 7.61. The molecule has 7 nitrogen and oxygen atoms in total. The number of hydrogen-bond acceptors (Lipinski definition) is 5. The molecule has 1 unspecified atom stereocenters. The van der Waals surface area contributed by atoms with Crippen molar-refractivity contribution in [2.24, 2.45) is 5.41 Å². The fourth-order valence-electron chi connectivity index (χ4n) is 3.38. The maximum Gasteiger partial charge on any atom is 0.247 e. The van der Waals surface area contributed by atoms with E-state index in [2.05, 4.69) is 15.2 Å². The van der Waals surface area contributed by atoms with E-state index in [1.54, 1.807) is 11.1 Å². The van der Waals surface area contributed by atoms with E-state index in [1.165, 1.54) is 0 Å². The highest BCUT2D eigenvalue weighted by atomic mass is 16.5. The molecule has 0 radical (unpaired) electrons. The number of pyridine rings is 1. The van der Waals surface area contributed by atoms with Gasteiger partial charge in [-0.15, -0.1) is 0 Å². The minimum atomic E-state index is -0.482. The van der Waals surface area contributed by atoms with Crippen molar-refractivity contribution in [3.05, 3.63) is 18.3 Å². The van der Waals surface area contributed by atoms with Gasteiger partial charge in [0, 0.05) is 25.0 Å². The van der Waals surface area contributed by atoms with Gasteiger partial charge in [0.15, 0.2) is 0 Å². The van der Waals surface area contributed by atoms with Crippen molar-refractivity contribution in [1.29, 1.82) is 0 Å². The Bertz CT molecular complexity index is 648. The average Bonchev–Trinajstić information content (AvgIpc) is 3.11. The summed E-state index contributed by atoms with van der Waals surface area (Å²) in [6.45, 7) is 9.36. The standard InChI is InChI=1S/C19H28N4O3/c1-19(2,3)18(25)23-8-4-5-15(23)17(24)21-14-6-7-16(20-13-14)22-9-11-26-12-10-22/h6-7,13,15H,4-5,8-12H2,1-3H3,(H,21,24). The number of nitrogens with zero attached hydrogens (tertiary/aromatic N) is 3. The number of ether oxygens (including phenoxy) is 1. The average molecular weight is 360 g/mol. The van der Waals surface area contributed by atoms with E-state index in [0.29, 0.717) is 31.9 Å². The Morgan fingerprint density at radius 2 is 1.92 bits per heavy atom. The lowest BCUT2D eigenvalue weighted by atomic mass is 9.94. The minimum absolute atomic E-state index is 0.0240. The Labute approximate surface area is 154 Å². The molecule has 2 aliphatic rings. The van der Waals surface area contributed by atoms with Crippen LogP contribution in [0.3, 0.4) is 0 Å². The number of carbonyl (C=O) groups is 2. The first-order valence-electron chi connectivity index (χ1n) is 9.27. The van der Waals surface area contributed by atoms with E-state index in [9.17, 15) is 9.59 Å². The molecular weight excluding hydrogens is 332 g/mol. The van der Waals surface area contributed by atoms with Gasteiger partial charge in [0.2, 0.25) is 11.8 Å². The molecule has 0 saturated carbocycles. The largest absolute Gasteiger partial charge is 0.378 e. The Morgan fingerprint density at radius 1 is 1.19 bits per heavy atom. The predicted octanol–water partition coefficient (Wildman–Crippen LogP) is 1.89. The van der Waals surface area contributed by atoms with E-state index >= 15 is 0 Å². The van der Waals surface area contributed by atoms with E-state index in [4.69, 9.17) is 4.74 Å². The Hall–Kier alpha value is -2.15. The molecule has 7 heteroatoms. The lowest BCUT2D eigenvalue weighted by molar-refractivity contribution is -0.143. The minimum Gasteiger partial charge on any atom is -0.378 e. The highest BCUT2D eigenvalue weighted by Gasteiger charge is 2.38. The third-order valence-electron chi connectivity index (χ3n) is 4.81. The van der Waals surface area contributed by atoms with Crippen molar-refractivity contribution in [2.75, 3.05) is 43.1 Å². The van der Waals surface area contributed by atoms with Gasteiger partial charge in [-0.2, -0.15) is 0 Å². The van der Waals surface area contributed by atoms with Crippen molar-refractivity contribution in [3.8, 4) is 0 Å². The fourth-order valence-corrected chi connectivity index (χ4v) is 3.38. The van der Waals surface area contributed by atoms with Gasteiger partial charge in [0.1, 0.15) is 11.9 Å². The van der Waals surface area contributed by atoms with Crippen LogP contribution in [-0.2, 0) is 14.3 Å². The monoisotopic (exact) mass is 360 g/mol. The summed E-state index contributed by atoms with van der Waals surface area (Å²) < 4.78 is 5.35. The van der Waals surface area contributed by atoms with Crippen LogP contribution in [0.4, 0.5) is 11.5 Å². The van der Waals surface area contributed by atoms with E-state index in [-0.39, 0.29) is 11.8 Å². The number of rotatable bonds is 3. The summed E-state index contributed by atoms with van der Waals surface area (Å²) in [7, 11) is 0. The molecule has 1 N–H and O–H groups in total. The van der Waals surface area contributed by atoms with Gasteiger partial charge in [-0.05, 0) is 25.0 Å². The summed E-state index contributed by atoms with van der Waals surface area (Å²) >= 11 is 0. The third kappa shape index (κ3) is 4.15. The smallest absolute Gasteiger partial charge is 0.247 e. The van der Waals surface area contributed by atoms with Gasteiger partial charge in [0.05, 0.1) is 25.1 Å². The number of nitrogens with one attached hydrogen (secondary N) is 1. The topological polar surface area (TPSA) is 74.8 Å². The van der Waals surface area contributed by atoms with Crippen LogP contribution >= 0.6 is 0 Å². The molecule has 142 valence electrons. The van der Waals surface area contributed by atoms with Crippen LogP contribution in [0.1, 0.15) is 33.6 Å². The normalized spacial score (nSPS) is 21.0. The van der Waals surface area contributed by atoms with Crippen LogP contribution in [0, 0.1) is 5.41 Å². The van der Waals surface area contributed by atoms with Crippen LogP contribution in [-0.4, -0.2) is 60.6 Å². The molecule has 1 aromatic rings. The molecule has 2 saturated heterocycles. The van der Waals surface area contributed by atoms with Crippen molar-refractivity contribution < 1.29 is 14.3 Å². The van der Waals surface area contributed by atoms with Gasteiger partial charge >= 0.3 is 0 Å². The van der Waals surface area contributed by atoms with Gasteiger partial charge in [0.25, 0.3) is 0 Å². The summed E-state index contributed by atoms with van der Waals surface area (Å²) in [6.07, 6.45) is 3.23. The summed E-state index contributed by atoms with van der Waals surface area (Å²) in [5, 5.41) is 2.91. The molecular formula is C19H28N4O3. The first-order valence-corrected chi connectivity index (χ1v) is 9.27. The summed E-state index contributed by atoms with van der Waals surface area (Å²) in [6, 6.07) is 3.37. The highest BCUT2D eigenvalue weighted by molar-refractivity contribution is 5.98. The Morgan fingerprint density at radius 3 is 2.54 bits per heavy atom. The maximum atomic E-state index is 12.7. The molecule has 0 spiro atoms. The van der Waals surface area contributed by atoms with Crippen molar-refractivity contribution >= 4 is 23.3 Å². The predicted molar refractivity (Wildman–Crippen MR) is 100 cm³/mol. The summed E-state index contributed by atoms with van der Waals surface area (Å²) in [5.41, 5.74) is 0.173. The second-order valence-corrected chi connectivity index (χ2v) is 7.90. The quantitative estimate of drug-likeness (QED) is 0.891. The van der Waals surface area contributed by atoms with E-state index in [1.807, 2.05) is 32.9 Å². The van der Waals surface area contributed by atoms with Crippen LogP contribution in [0.15, 0.2) is 18.3 Å². The summed E-state index contributed by atoms with van der Waals surface area (Å²) in [4.78, 5) is 33.6. The zero-order valence-electron chi connectivity index (χ0n) is 15.8. The van der Waals surface area contributed by atoms with Crippen LogP contribution < -0.4 is 10.2 Å². The lowest BCUT2D eigenvalue weighted by Gasteiger charge is -2.30. The van der Waals surface area contributed by atoms with Gasteiger partial charge in [-0.1, -0.05) is 20.8 Å². The fraction of sp³-hybridized carbons (Fsp3) is 0.632. The first kappa shape index (κ1) is 18.6. The van der Waals surface area contributed by atoms with Gasteiger partial charge in [-0.25, -0.2) is 4.98 Å². The van der Waals surface area contributed by atoms with Gasteiger partial charge < -0.3 is 19.9 Å². The Balaban J connectivity index is 1.63. The first-order chi connectivity index (χ1) is 12.4. The number of likely N-dealkylation sites (tertiary alicyclic amines) is 1. The van der Waals surface area contributed by atoms with E-state index < -0.39 is 11.5 Å². The molecule has 0 aliphatic carbocycles. The number of amides is 2. The molecule has 1 atom stereocenters.